The zero-order valence-corrected chi connectivity index (χ0v) is 34.6. The van der Waals surface area contributed by atoms with Crippen molar-refractivity contribution in [3.8, 4) is 33.4 Å². The van der Waals surface area contributed by atoms with Crippen LogP contribution >= 0.6 is 0 Å². The Morgan fingerprint density at radius 3 is 1.19 bits per heavy atom. The second kappa shape index (κ2) is 11.4. The minimum Gasteiger partial charge on any atom is -0.309 e. The van der Waals surface area contributed by atoms with Gasteiger partial charge < -0.3 is 4.90 Å². The van der Waals surface area contributed by atoms with Crippen LogP contribution in [0.3, 0.4) is 0 Å². The van der Waals surface area contributed by atoms with E-state index in [0.29, 0.717) is 0 Å². The molecule has 1 heteroatoms. The average molecular weight is 736 g/mol. The largest absolute Gasteiger partial charge is 0.309 e. The molecule has 0 N–H and O–H groups in total. The van der Waals surface area contributed by atoms with E-state index in [1.54, 1.807) is 0 Å². The molecule has 8 aromatic carbocycles. The molecule has 1 nitrogen and oxygen atoms in total. The number of anilines is 3. The van der Waals surface area contributed by atoms with Gasteiger partial charge in [-0.1, -0.05) is 133 Å². The molecule has 11 rings (SSSR count). The molecule has 0 heterocycles. The lowest BCUT2D eigenvalue weighted by Crippen LogP contribution is -2.18. The van der Waals surface area contributed by atoms with E-state index in [2.05, 4.69) is 201 Å². The van der Waals surface area contributed by atoms with Crippen molar-refractivity contribution in [2.45, 2.75) is 78.6 Å². The fourth-order valence-electron chi connectivity index (χ4n) is 11.2. The number of rotatable bonds is 3. The van der Waals surface area contributed by atoms with Crippen molar-refractivity contribution < 1.29 is 0 Å². The topological polar surface area (TPSA) is 3.24 Å². The smallest absolute Gasteiger partial charge is 0.0543 e. The molecule has 278 valence electrons. The van der Waals surface area contributed by atoms with Crippen LogP contribution in [0.2, 0.25) is 0 Å². The van der Waals surface area contributed by atoms with Gasteiger partial charge >= 0.3 is 0 Å². The molecule has 0 aromatic heterocycles. The van der Waals surface area contributed by atoms with Crippen molar-refractivity contribution >= 4 is 38.6 Å². The molecule has 0 bridgehead atoms. The summed E-state index contributed by atoms with van der Waals surface area (Å²) < 4.78 is 0. The van der Waals surface area contributed by atoms with Gasteiger partial charge in [-0.15, -0.1) is 0 Å². The first-order chi connectivity index (χ1) is 27.3. The van der Waals surface area contributed by atoms with Crippen molar-refractivity contribution in [1.29, 1.82) is 0 Å². The number of nitrogens with zero attached hydrogens (tertiary/aromatic N) is 1. The van der Waals surface area contributed by atoms with Crippen LogP contribution < -0.4 is 4.90 Å². The van der Waals surface area contributed by atoms with Crippen molar-refractivity contribution in [2.24, 2.45) is 0 Å². The highest BCUT2D eigenvalue weighted by Crippen LogP contribution is 2.61. The van der Waals surface area contributed by atoms with Gasteiger partial charge in [-0.2, -0.15) is 0 Å². The van der Waals surface area contributed by atoms with Crippen LogP contribution in [0.5, 0.6) is 0 Å². The molecule has 0 unspecified atom stereocenters. The molecule has 0 saturated carbocycles. The van der Waals surface area contributed by atoms with Gasteiger partial charge in [-0.3, -0.25) is 0 Å². The summed E-state index contributed by atoms with van der Waals surface area (Å²) in [5, 5.41) is 5.32. The maximum absolute atomic E-state index is 2.59. The first-order valence-corrected chi connectivity index (χ1v) is 20.7. The van der Waals surface area contributed by atoms with Gasteiger partial charge in [0.2, 0.25) is 0 Å². The molecule has 0 fully saturated rings. The second-order valence-electron chi connectivity index (χ2n) is 18.7. The van der Waals surface area contributed by atoms with E-state index < -0.39 is 0 Å². The number of fused-ring (bicyclic) bond motifs is 13. The molecule has 0 amide bonds. The molecule has 0 aliphatic heterocycles. The van der Waals surface area contributed by atoms with Crippen molar-refractivity contribution in [1.82, 2.24) is 0 Å². The van der Waals surface area contributed by atoms with Crippen LogP contribution in [0.25, 0.3) is 54.9 Å². The minimum absolute atomic E-state index is 0.0942. The van der Waals surface area contributed by atoms with Crippen molar-refractivity contribution in [3.63, 3.8) is 0 Å². The summed E-state index contributed by atoms with van der Waals surface area (Å²) in [6.07, 6.45) is 0. The third kappa shape index (κ3) is 4.41. The van der Waals surface area contributed by atoms with E-state index in [1.165, 1.54) is 122 Å². The van der Waals surface area contributed by atoms with E-state index in [0.717, 1.165) is 0 Å². The van der Waals surface area contributed by atoms with Gasteiger partial charge in [0, 0.05) is 33.0 Å². The summed E-state index contributed by atoms with van der Waals surface area (Å²) >= 11 is 0. The SMILES string of the molecule is Cc1ccccc1N(c1ccccc1C)c1cc2c(c3ccccc13)-c1cc3c(cc1C2(C)C)-c1cc2c(cc1C3(C)C)-c1c(cc(C)c3ccccc13)C2(C)C. The number of aryl methyl sites for hydroxylation is 3. The van der Waals surface area contributed by atoms with Gasteiger partial charge in [0.25, 0.3) is 0 Å². The van der Waals surface area contributed by atoms with E-state index in [-0.39, 0.29) is 16.2 Å². The lowest BCUT2D eigenvalue weighted by atomic mass is 9.78. The van der Waals surface area contributed by atoms with Gasteiger partial charge in [0.05, 0.1) is 5.69 Å². The maximum Gasteiger partial charge on any atom is 0.0543 e. The molecular weight excluding hydrogens is 687 g/mol. The monoisotopic (exact) mass is 735 g/mol. The van der Waals surface area contributed by atoms with Crippen molar-refractivity contribution in [3.05, 3.63) is 184 Å². The number of hydrogen-bond acceptors (Lipinski definition) is 1. The van der Waals surface area contributed by atoms with Gasteiger partial charge in [-0.25, -0.2) is 0 Å². The van der Waals surface area contributed by atoms with E-state index in [4.69, 9.17) is 0 Å². The first-order valence-electron chi connectivity index (χ1n) is 20.7. The Bertz CT molecular complexity index is 3030. The highest BCUT2D eigenvalue weighted by molar-refractivity contribution is 6.11. The van der Waals surface area contributed by atoms with Crippen LogP contribution in [0.4, 0.5) is 17.1 Å². The Morgan fingerprint density at radius 2 is 0.684 bits per heavy atom. The highest BCUT2D eigenvalue weighted by atomic mass is 15.1. The normalized spacial score (nSPS) is 15.9. The Labute approximate surface area is 337 Å². The van der Waals surface area contributed by atoms with Crippen LogP contribution in [-0.4, -0.2) is 0 Å². The molecule has 8 aromatic rings. The molecule has 3 aliphatic rings. The van der Waals surface area contributed by atoms with E-state index >= 15 is 0 Å². The number of para-hydroxylation sites is 2. The summed E-state index contributed by atoms with van der Waals surface area (Å²) in [5.74, 6) is 0. The third-order valence-corrected chi connectivity index (χ3v) is 14.4. The average Bonchev–Trinajstić information content (AvgIpc) is 3.66. The Hall–Kier alpha value is -5.92. The summed E-state index contributed by atoms with van der Waals surface area (Å²) in [4.78, 5) is 2.51. The molecular formula is C56H49N. The Balaban J connectivity index is 1.14. The third-order valence-electron chi connectivity index (χ3n) is 14.4. The minimum atomic E-state index is -0.211. The standard InChI is InChI=1S/C56H49N/c1-32-18-10-16-24-49(32)57(50-25-17-11-19-33(50)2)51-31-48-53(38-23-15-13-21-36(38)51)42-30-44-40(28-46(42)56(48,8)9)39-27-45-41(29-43(39)54(44,4)5)52-37-22-14-12-20-35(37)34(3)26-47(52)55(45,6)7/h10-31H,1-9H3. The fraction of sp³-hybridized carbons (Fsp3) is 0.214. The zero-order chi connectivity index (χ0) is 39.3. The van der Waals surface area contributed by atoms with Gasteiger partial charge in [0.1, 0.15) is 0 Å². The van der Waals surface area contributed by atoms with Gasteiger partial charge in [0.15, 0.2) is 0 Å². The summed E-state index contributed by atoms with van der Waals surface area (Å²) in [5.41, 5.74) is 24.1. The summed E-state index contributed by atoms with van der Waals surface area (Å²) in [6, 6.07) is 51.1. The predicted molar refractivity (Wildman–Crippen MR) is 243 cm³/mol. The quantitative estimate of drug-likeness (QED) is 0.175. The lowest BCUT2D eigenvalue weighted by Gasteiger charge is -2.31. The first kappa shape index (κ1) is 34.3. The molecule has 0 radical (unpaired) electrons. The van der Waals surface area contributed by atoms with Crippen molar-refractivity contribution in [2.75, 3.05) is 4.90 Å². The van der Waals surface area contributed by atoms with Crippen LogP contribution in [-0.2, 0) is 16.2 Å². The number of benzene rings is 8. The lowest BCUT2D eigenvalue weighted by molar-refractivity contribution is 0.649. The molecule has 0 spiro atoms. The molecule has 0 atom stereocenters. The second-order valence-corrected chi connectivity index (χ2v) is 18.7. The van der Waals surface area contributed by atoms with Crippen LogP contribution in [0.15, 0.2) is 133 Å². The Morgan fingerprint density at radius 1 is 0.316 bits per heavy atom. The zero-order valence-electron chi connectivity index (χ0n) is 34.6. The number of hydrogen-bond donors (Lipinski definition) is 0. The fourth-order valence-corrected chi connectivity index (χ4v) is 11.2. The van der Waals surface area contributed by atoms with E-state index in [9.17, 15) is 0 Å². The van der Waals surface area contributed by atoms with Gasteiger partial charge in [-0.05, 0) is 163 Å². The molecule has 57 heavy (non-hydrogen) atoms. The Kier molecular flexibility index (Phi) is 6.84. The van der Waals surface area contributed by atoms with Crippen LogP contribution in [0, 0.1) is 20.8 Å². The summed E-state index contributed by atoms with van der Waals surface area (Å²) in [7, 11) is 0. The maximum atomic E-state index is 2.59. The van der Waals surface area contributed by atoms with E-state index in [1.807, 2.05) is 0 Å². The molecule has 3 aliphatic carbocycles. The molecule has 0 saturated heterocycles. The van der Waals surface area contributed by atoms with Crippen LogP contribution in [0.1, 0.15) is 91.6 Å². The highest BCUT2D eigenvalue weighted by Gasteiger charge is 2.45. The predicted octanol–water partition coefficient (Wildman–Crippen LogP) is 15.3. The summed E-state index contributed by atoms with van der Waals surface area (Å²) in [6.45, 7) is 21.4.